The van der Waals surface area contributed by atoms with Gasteiger partial charge in [-0.05, 0) is 13.3 Å². The third kappa shape index (κ3) is 4.07. The van der Waals surface area contributed by atoms with Crippen LogP contribution in [0.4, 0.5) is 0 Å². The van der Waals surface area contributed by atoms with Crippen molar-refractivity contribution in [3.63, 3.8) is 0 Å². The van der Waals surface area contributed by atoms with Crippen LogP contribution in [0.15, 0.2) is 0 Å². The van der Waals surface area contributed by atoms with Gasteiger partial charge in [-0.1, -0.05) is 26.2 Å². The molecule has 0 radical (unpaired) electrons. The van der Waals surface area contributed by atoms with Gasteiger partial charge in [-0.15, -0.1) is 0 Å². The number of hydrogen-bond donors (Lipinski definition) is 0. The molecule has 1 aliphatic heterocycles. The Kier molecular flexibility index (Phi) is 4.02. The van der Waals surface area contributed by atoms with Crippen LogP contribution >= 0.6 is 0 Å². The Balaban J connectivity index is 1.77. The van der Waals surface area contributed by atoms with Gasteiger partial charge in [0.2, 0.25) is 0 Å². The van der Waals surface area contributed by atoms with Crippen LogP contribution < -0.4 is 0 Å². The zero-order chi connectivity index (χ0) is 8.86. The summed E-state index contributed by atoms with van der Waals surface area (Å²) >= 11 is 0. The third-order valence-electron chi connectivity index (χ3n) is 2.19. The van der Waals surface area contributed by atoms with Gasteiger partial charge in [0, 0.05) is 6.61 Å². The maximum absolute atomic E-state index is 5.48. The number of ether oxygens (including phenoxy) is 2. The van der Waals surface area contributed by atoms with E-state index in [9.17, 15) is 0 Å². The van der Waals surface area contributed by atoms with Gasteiger partial charge in [0.15, 0.2) is 0 Å². The van der Waals surface area contributed by atoms with E-state index < -0.39 is 0 Å². The van der Waals surface area contributed by atoms with Gasteiger partial charge in [-0.25, -0.2) is 0 Å². The molecule has 1 atom stereocenters. The fourth-order valence-electron chi connectivity index (χ4n) is 1.13. The van der Waals surface area contributed by atoms with Gasteiger partial charge in [-0.3, -0.25) is 0 Å². The van der Waals surface area contributed by atoms with Crippen molar-refractivity contribution < 1.29 is 9.47 Å². The molecule has 12 heavy (non-hydrogen) atoms. The van der Waals surface area contributed by atoms with Crippen molar-refractivity contribution in [3.05, 3.63) is 0 Å². The van der Waals surface area contributed by atoms with E-state index in [1.165, 1.54) is 25.7 Å². The molecule has 0 spiro atoms. The van der Waals surface area contributed by atoms with Crippen molar-refractivity contribution in [2.24, 2.45) is 0 Å². The lowest BCUT2D eigenvalue weighted by atomic mass is 10.2. The summed E-state index contributed by atoms with van der Waals surface area (Å²) in [6.45, 7) is 6.87. The van der Waals surface area contributed by atoms with Crippen LogP contribution in [0.3, 0.4) is 0 Å². The Labute approximate surface area is 75.2 Å². The molecule has 0 saturated carbocycles. The predicted molar refractivity (Wildman–Crippen MR) is 49.3 cm³/mol. The zero-order valence-corrected chi connectivity index (χ0v) is 8.27. The normalized spacial score (nSPS) is 27.5. The molecule has 2 nitrogen and oxygen atoms in total. The molecule has 0 aromatic heterocycles. The molecule has 0 bridgehead atoms. The highest BCUT2D eigenvalue weighted by Crippen LogP contribution is 2.25. The quantitative estimate of drug-likeness (QED) is 0.434. The maximum Gasteiger partial charge on any atom is 0.112 e. The number of hydrogen-bond acceptors (Lipinski definition) is 2. The van der Waals surface area contributed by atoms with Crippen molar-refractivity contribution in [1.82, 2.24) is 0 Å². The lowest BCUT2D eigenvalue weighted by Crippen LogP contribution is -2.14. The summed E-state index contributed by atoms with van der Waals surface area (Å²) in [5.74, 6) is 0. The van der Waals surface area contributed by atoms with E-state index in [1.807, 2.05) is 0 Å². The Bertz CT molecular complexity index is 119. The Morgan fingerprint density at radius 2 is 2.08 bits per heavy atom. The molecule has 1 unspecified atom stereocenters. The smallest absolute Gasteiger partial charge is 0.112 e. The molecular formula is C10H20O2. The predicted octanol–water partition coefficient (Wildman–Crippen LogP) is 2.37. The lowest BCUT2D eigenvalue weighted by Gasteiger charge is -2.06. The van der Waals surface area contributed by atoms with E-state index >= 15 is 0 Å². The minimum absolute atomic E-state index is 0.0742. The van der Waals surface area contributed by atoms with Crippen LogP contribution in [0.1, 0.15) is 39.5 Å². The van der Waals surface area contributed by atoms with Gasteiger partial charge >= 0.3 is 0 Å². The molecule has 2 heteroatoms. The lowest BCUT2D eigenvalue weighted by molar-refractivity contribution is 0.0826. The van der Waals surface area contributed by atoms with E-state index in [4.69, 9.17) is 9.47 Å². The van der Waals surface area contributed by atoms with Crippen molar-refractivity contribution in [1.29, 1.82) is 0 Å². The van der Waals surface area contributed by atoms with E-state index in [1.54, 1.807) is 0 Å². The Morgan fingerprint density at radius 1 is 1.33 bits per heavy atom. The first-order valence-corrected chi connectivity index (χ1v) is 4.98. The highest BCUT2D eigenvalue weighted by molar-refractivity contribution is 4.86. The second-order valence-corrected chi connectivity index (χ2v) is 3.85. The number of epoxide rings is 1. The molecule has 0 amide bonds. The third-order valence-corrected chi connectivity index (χ3v) is 2.19. The zero-order valence-electron chi connectivity index (χ0n) is 8.27. The molecule has 0 aliphatic carbocycles. The topological polar surface area (TPSA) is 21.8 Å². The monoisotopic (exact) mass is 172 g/mol. The first-order chi connectivity index (χ1) is 5.77. The van der Waals surface area contributed by atoms with Gasteiger partial charge in [-0.2, -0.15) is 0 Å². The second kappa shape index (κ2) is 4.83. The summed E-state index contributed by atoms with van der Waals surface area (Å²) < 4.78 is 10.7. The SMILES string of the molecule is CCCCCCOCC1(C)CO1. The van der Waals surface area contributed by atoms with Crippen LogP contribution in [-0.2, 0) is 9.47 Å². The summed E-state index contributed by atoms with van der Waals surface area (Å²) in [5.41, 5.74) is 0.0742. The minimum Gasteiger partial charge on any atom is -0.378 e. The number of unbranched alkanes of at least 4 members (excludes halogenated alkanes) is 3. The van der Waals surface area contributed by atoms with Crippen LogP contribution in [0.5, 0.6) is 0 Å². The van der Waals surface area contributed by atoms with Crippen LogP contribution in [0.2, 0.25) is 0 Å². The molecule has 0 aromatic rings. The standard InChI is InChI=1S/C10H20O2/c1-3-4-5-6-7-11-8-10(2)9-12-10/h3-9H2,1-2H3. The molecular weight excluding hydrogens is 152 g/mol. The van der Waals surface area contributed by atoms with E-state index in [-0.39, 0.29) is 5.60 Å². The van der Waals surface area contributed by atoms with E-state index in [0.717, 1.165) is 19.8 Å². The molecule has 1 heterocycles. The van der Waals surface area contributed by atoms with Crippen molar-refractivity contribution in [2.75, 3.05) is 19.8 Å². The molecule has 72 valence electrons. The molecule has 0 N–H and O–H groups in total. The van der Waals surface area contributed by atoms with Crippen molar-refractivity contribution in [2.45, 2.75) is 45.1 Å². The summed E-state index contributed by atoms with van der Waals surface area (Å²) in [7, 11) is 0. The molecule has 1 rings (SSSR count). The summed E-state index contributed by atoms with van der Waals surface area (Å²) in [6, 6.07) is 0. The highest BCUT2D eigenvalue weighted by Gasteiger charge is 2.39. The molecule has 1 fully saturated rings. The summed E-state index contributed by atoms with van der Waals surface area (Å²) in [5, 5.41) is 0. The Morgan fingerprint density at radius 3 is 2.67 bits per heavy atom. The van der Waals surface area contributed by atoms with Crippen LogP contribution in [0.25, 0.3) is 0 Å². The second-order valence-electron chi connectivity index (χ2n) is 3.85. The fraction of sp³-hybridized carbons (Fsp3) is 1.00. The average Bonchev–Trinajstić information content (AvgIpc) is 2.77. The van der Waals surface area contributed by atoms with Crippen LogP contribution in [-0.4, -0.2) is 25.4 Å². The van der Waals surface area contributed by atoms with Crippen molar-refractivity contribution in [3.8, 4) is 0 Å². The highest BCUT2D eigenvalue weighted by atomic mass is 16.6. The fourth-order valence-corrected chi connectivity index (χ4v) is 1.13. The van der Waals surface area contributed by atoms with Gasteiger partial charge in [0.1, 0.15) is 5.60 Å². The minimum atomic E-state index is 0.0742. The Hall–Kier alpha value is -0.0800. The van der Waals surface area contributed by atoms with Crippen molar-refractivity contribution >= 4 is 0 Å². The molecule has 1 aliphatic rings. The summed E-state index contributed by atoms with van der Waals surface area (Å²) in [6.07, 6.45) is 5.12. The largest absolute Gasteiger partial charge is 0.378 e. The molecule has 0 aromatic carbocycles. The number of rotatable bonds is 7. The van der Waals surface area contributed by atoms with Gasteiger partial charge < -0.3 is 9.47 Å². The summed E-state index contributed by atoms with van der Waals surface area (Å²) in [4.78, 5) is 0. The average molecular weight is 172 g/mol. The first kappa shape index (κ1) is 10.0. The van der Waals surface area contributed by atoms with Gasteiger partial charge in [0.05, 0.1) is 13.2 Å². The van der Waals surface area contributed by atoms with E-state index in [0.29, 0.717) is 0 Å². The maximum atomic E-state index is 5.48. The first-order valence-electron chi connectivity index (χ1n) is 4.98. The van der Waals surface area contributed by atoms with Gasteiger partial charge in [0.25, 0.3) is 0 Å². The van der Waals surface area contributed by atoms with E-state index in [2.05, 4.69) is 13.8 Å². The molecule has 1 saturated heterocycles. The van der Waals surface area contributed by atoms with Crippen LogP contribution in [0, 0.1) is 0 Å².